The van der Waals surface area contributed by atoms with E-state index in [1.165, 1.54) is 5.56 Å². The van der Waals surface area contributed by atoms with Crippen LogP contribution in [0.2, 0.25) is 0 Å². The molecule has 0 aliphatic rings. The number of anilines is 1. The van der Waals surface area contributed by atoms with Crippen LogP contribution in [0.15, 0.2) is 53.0 Å². The number of nitrogens with two attached hydrogens (primary N) is 1. The fourth-order valence-electron chi connectivity index (χ4n) is 2.21. The van der Waals surface area contributed by atoms with Gasteiger partial charge >= 0.3 is 0 Å². The summed E-state index contributed by atoms with van der Waals surface area (Å²) in [5.74, 6) is 0.0212. The molecule has 0 aromatic heterocycles. The Kier molecular flexibility index (Phi) is 5.24. The van der Waals surface area contributed by atoms with Gasteiger partial charge in [0, 0.05) is 22.1 Å². The van der Waals surface area contributed by atoms with Crippen LogP contribution in [-0.2, 0) is 16.6 Å². The van der Waals surface area contributed by atoms with Crippen molar-refractivity contribution in [3.63, 3.8) is 0 Å². The molecule has 1 amide bonds. The third-order valence-electron chi connectivity index (χ3n) is 3.68. The third kappa shape index (κ3) is 4.60. The Morgan fingerprint density at radius 3 is 2.50 bits per heavy atom. The monoisotopic (exact) mass is 360 g/mol. The highest BCUT2D eigenvalue weighted by Crippen LogP contribution is 2.25. The van der Waals surface area contributed by atoms with E-state index in [4.69, 9.17) is 5.73 Å². The summed E-state index contributed by atoms with van der Waals surface area (Å²) in [5, 5.41) is 3.02. The quantitative estimate of drug-likeness (QED) is 0.799. The minimum Gasteiger partial charge on any atom is -0.399 e. The van der Waals surface area contributed by atoms with Crippen molar-refractivity contribution in [2.75, 3.05) is 12.3 Å². The van der Waals surface area contributed by atoms with Gasteiger partial charge in [0.25, 0.3) is 0 Å². The fourth-order valence-corrected chi connectivity index (χ4v) is 2.61. The van der Waals surface area contributed by atoms with Crippen LogP contribution in [0.3, 0.4) is 0 Å². The second-order valence-electron chi connectivity index (χ2n) is 6.09. The largest absolute Gasteiger partial charge is 0.399 e. The van der Waals surface area contributed by atoms with E-state index >= 15 is 0 Å². The van der Waals surface area contributed by atoms with Crippen molar-refractivity contribution in [1.82, 2.24) is 5.32 Å². The first-order chi connectivity index (χ1) is 10.4. The first-order valence-corrected chi connectivity index (χ1v) is 8.03. The Bertz CT molecular complexity index is 650. The first-order valence-electron chi connectivity index (χ1n) is 7.24. The summed E-state index contributed by atoms with van der Waals surface area (Å²) in [7, 11) is 0. The Morgan fingerprint density at radius 2 is 1.86 bits per heavy atom. The number of nitrogen functional groups attached to an aromatic ring is 1. The smallest absolute Gasteiger partial charge is 0.224 e. The first kappa shape index (κ1) is 16.6. The van der Waals surface area contributed by atoms with Gasteiger partial charge in [0.05, 0.1) is 6.42 Å². The third-order valence-corrected chi connectivity index (χ3v) is 4.17. The molecule has 2 aromatic carbocycles. The van der Waals surface area contributed by atoms with Crippen molar-refractivity contribution in [1.29, 1.82) is 0 Å². The van der Waals surface area contributed by atoms with Crippen LogP contribution in [0, 0.1) is 0 Å². The molecule has 0 saturated heterocycles. The zero-order valence-corrected chi connectivity index (χ0v) is 14.5. The molecule has 0 atom stereocenters. The number of hydrogen-bond acceptors (Lipinski definition) is 2. The zero-order valence-electron chi connectivity index (χ0n) is 12.9. The van der Waals surface area contributed by atoms with Gasteiger partial charge in [-0.2, -0.15) is 0 Å². The number of benzene rings is 2. The highest BCUT2D eigenvalue weighted by atomic mass is 79.9. The van der Waals surface area contributed by atoms with E-state index in [1.807, 2.05) is 36.4 Å². The highest BCUT2D eigenvalue weighted by molar-refractivity contribution is 9.10. The summed E-state index contributed by atoms with van der Waals surface area (Å²) in [5.41, 5.74) is 8.38. The van der Waals surface area contributed by atoms with Gasteiger partial charge in [0.2, 0.25) is 5.91 Å². The van der Waals surface area contributed by atoms with E-state index < -0.39 is 0 Å². The van der Waals surface area contributed by atoms with Gasteiger partial charge < -0.3 is 11.1 Å². The Morgan fingerprint density at radius 1 is 1.18 bits per heavy atom. The molecule has 0 aliphatic carbocycles. The zero-order chi connectivity index (χ0) is 16.2. The maximum Gasteiger partial charge on any atom is 0.224 e. The van der Waals surface area contributed by atoms with Crippen LogP contribution in [-0.4, -0.2) is 12.5 Å². The van der Waals surface area contributed by atoms with Crippen LogP contribution in [0.1, 0.15) is 25.0 Å². The molecule has 0 bridgehead atoms. The maximum atomic E-state index is 12.1. The summed E-state index contributed by atoms with van der Waals surface area (Å²) in [6.07, 6.45) is 0.370. The van der Waals surface area contributed by atoms with Gasteiger partial charge in [0.15, 0.2) is 0 Å². The lowest BCUT2D eigenvalue weighted by Crippen LogP contribution is -2.37. The van der Waals surface area contributed by atoms with Crippen molar-refractivity contribution in [2.45, 2.75) is 25.7 Å². The van der Waals surface area contributed by atoms with Crippen LogP contribution in [0.25, 0.3) is 0 Å². The number of rotatable bonds is 5. The average Bonchev–Trinajstić information content (AvgIpc) is 2.48. The molecular weight excluding hydrogens is 340 g/mol. The number of amides is 1. The normalized spacial score (nSPS) is 11.2. The SMILES string of the molecule is CC(C)(CNC(=O)Cc1ccc(N)cc1)c1cccc(Br)c1. The molecule has 0 aliphatic heterocycles. The molecule has 2 aromatic rings. The number of nitrogens with one attached hydrogen (secondary N) is 1. The number of carbonyl (C=O) groups excluding carboxylic acids is 1. The van der Waals surface area contributed by atoms with Crippen molar-refractivity contribution in [2.24, 2.45) is 0 Å². The van der Waals surface area contributed by atoms with Crippen LogP contribution in [0.5, 0.6) is 0 Å². The van der Waals surface area contributed by atoms with Gasteiger partial charge in [-0.15, -0.1) is 0 Å². The lowest BCUT2D eigenvalue weighted by molar-refractivity contribution is -0.120. The van der Waals surface area contributed by atoms with E-state index in [2.05, 4.69) is 47.2 Å². The standard InChI is InChI=1S/C18H21BrN2O/c1-18(2,14-4-3-5-15(19)11-14)12-21-17(22)10-13-6-8-16(20)9-7-13/h3-9,11H,10,12,20H2,1-2H3,(H,21,22). The van der Waals surface area contributed by atoms with E-state index in [-0.39, 0.29) is 11.3 Å². The molecule has 116 valence electrons. The summed E-state index contributed by atoms with van der Waals surface area (Å²) in [4.78, 5) is 12.1. The summed E-state index contributed by atoms with van der Waals surface area (Å²) in [6, 6.07) is 15.6. The fraction of sp³-hybridized carbons (Fsp3) is 0.278. The Labute approximate surface area is 140 Å². The predicted molar refractivity (Wildman–Crippen MR) is 94.7 cm³/mol. The number of hydrogen-bond donors (Lipinski definition) is 2. The van der Waals surface area contributed by atoms with Crippen LogP contribution in [0.4, 0.5) is 5.69 Å². The molecular formula is C18H21BrN2O. The number of carbonyl (C=O) groups is 1. The van der Waals surface area contributed by atoms with Crippen LogP contribution < -0.4 is 11.1 Å². The van der Waals surface area contributed by atoms with E-state index in [1.54, 1.807) is 0 Å². The second kappa shape index (κ2) is 6.97. The molecule has 2 rings (SSSR count). The maximum absolute atomic E-state index is 12.1. The Balaban J connectivity index is 1.93. The topological polar surface area (TPSA) is 55.1 Å². The minimum absolute atomic E-state index is 0.0212. The molecule has 0 fully saturated rings. The Hall–Kier alpha value is -1.81. The van der Waals surface area contributed by atoms with Crippen molar-refractivity contribution >= 4 is 27.5 Å². The summed E-state index contributed by atoms with van der Waals surface area (Å²) < 4.78 is 1.05. The lowest BCUT2D eigenvalue weighted by atomic mass is 9.84. The molecule has 0 saturated carbocycles. The van der Waals surface area contributed by atoms with E-state index in [0.29, 0.717) is 18.7 Å². The van der Waals surface area contributed by atoms with Gasteiger partial charge in [-0.05, 0) is 35.4 Å². The van der Waals surface area contributed by atoms with Gasteiger partial charge in [-0.3, -0.25) is 4.79 Å². The molecule has 0 radical (unpaired) electrons. The molecule has 0 unspecified atom stereocenters. The van der Waals surface area contributed by atoms with E-state index in [0.717, 1.165) is 10.0 Å². The second-order valence-corrected chi connectivity index (χ2v) is 7.00. The number of halogens is 1. The van der Waals surface area contributed by atoms with Crippen molar-refractivity contribution in [3.05, 3.63) is 64.1 Å². The molecule has 3 N–H and O–H groups in total. The van der Waals surface area contributed by atoms with Gasteiger partial charge in [-0.25, -0.2) is 0 Å². The molecule has 3 nitrogen and oxygen atoms in total. The van der Waals surface area contributed by atoms with Gasteiger partial charge in [-0.1, -0.05) is 54.0 Å². The summed E-state index contributed by atoms with van der Waals surface area (Å²) >= 11 is 3.49. The van der Waals surface area contributed by atoms with Crippen LogP contribution >= 0.6 is 15.9 Å². The van der Waals surface area contributed by atoms with E-state index in [9.17, 15) is 4.79 Å². The highest BCUT2D eigenvalue weighted by Gasteiger charge is 2.21. The molecule has 0 spiro atoms. The van der Waals surface area contributed by atoms with Crippen molar-refractivity contribution in [3.8, 4) is 0 Å². The van der Waals surface area contributed by atoms with Gasteiger partial charge in [0.1, 0.15) is 0 Å². The molecule has 22 heavy (non-hydrogen) atoms. The molecule has 4 heteroatoms. The minimum atomic E-state index is -0.124. The molecule has 0 heterocycles. The van der Waals surface area contributed by atoms with Crippen molar-refractivity contribution < 1.29 is 4.79 Å². The summed E-state index contributed by atoms with van der Waals surface area (Å²) in [6.45, 7) is 4.84. The lowest BCUT2D eigenvalue weighted by Gasteiger charge is -2.26. The predicted octanol–water partition coefficient (Wildman–Crippen LogP) is 3.67. The average molecular weight is 361 g/mol.